The number of hydrogen-bond donors (Lipinski definition) is 1. The fourth-order valence-corrected chi connectivity index (χ4v) is 3.26. The molecule has 0 aliphatic rings. The number of nitrogens with zero attached hydrogens (tertiary/aromatic N) is 1. The summed E-state index contributed by atoms with van der Waals surface area (Å²) in [7, 11) is 2.24. The fourth-order valence-electron chi connectivity index (χ4n) is 2.39. The van der Waals surface area contributed by atoms with Crippen LogP contribution < -0.4 is 5.32 Å². The van der Waals surface area contributed by atoms with Gasteiger partial charge in [0.1, 0.15) is 0 Å². The number of thioether (sulfide) groups is 1. The predicted molar refractivity (Wildman–Crippen MR) is 92.6 cm³/mol. The van der Waals surface area contributed by atoms with Crippen molar-refractivity contribution in [2.45, 2.75) is 39.3 Å². The Kier molecular flexibility index (Phi) is 8.99. The molecule has 1 rings (SSSR count). The molecule has 1 aromatic rings. The lowest BCUT2D eigenvalue weighted by Gasteiger charge is -2.26. The van der Waals surface area contributed by atoms with Gasteiger partial charge in [-0.3, -0.25) is 4.90 Å². The van der Waals surface area contributed by atoms with Crippen molar-refractivity contribution in [3.8, 4) is 0 Å². The molecule has 0 spiro atoms. The van der Waals surface area contributed by atoms with Crippen LogP contribution in [0.15, 0.2) is 24.3 Å². The first kappa shape index (κ1) is 17.5. The Morgan fingerprint density at radius 2 is 1.80 bits per heavy atom. The second-order valence-electron chi connectivity index (χ2n) is 5.35. The standard InChI is InChI=1S/C17H30N2S/c1-5-17(14-20-4)19(3)13-16-9-7-15(8-10-16)11-12-18-6-2/h7-10,17-18H,5-6,11-14H2,1-4H3. The van der Waals surface area contributed by atoms with E-state index in [9.17, 15) is 0 Å². The Bertz CT molecular complexity index is 351. The lowest BCUT2D eigenvalue weighted by atomic mass is 10.1. The van der Waals surface area contributed by atoms with Crippen LogP contribution in [0.2, 0.25) is 0 Å². The van der Waals surface area contributed by atoms with E-state index in [4.69, 9.17) is 0 Å². The average Bonchev–Trinajstić information content (AvgIpc) is 2.46. The molecular weight excluding hydrogens is 264 g/mol. The maximum Gasteiger partial charge on any atom is 0.0233 e. The topological polar surface area (TPSA) is 15.3 Å². The maximum atomic E-state index is 3.37. The van der Waals surface area contributed by atoms with Gasteiger partial charge in [-0.2, -0.15) is 11.8 Å². The molecule has 0 radical (unpaired) electrons. The third kappa shape index (κ3) is 6.29. The van der Waals surface area contributed by atoms with E-state index in [0.29, 0.717) is 6.04 Å². The van der Waals surface area contributed by atoms with E-state index < -0.39 is 0 Å². The minimum absolute atomic E-state index is 0.679. The van der Waals surface area contributed by atoms with Gasteiger partial charge in [0, 0.05) is 18.3 Å². The van der Waals surface area contributed by atoms with E-state index >= 15 is 0 Å². The molecule has 0 fully saturated rings. The van der Waals surface area contributed by atoms with Gasteiger partial charge < -0.3 is 5.32 Å². The zero-order valence-corrected chi connectivity index (χ0v) is 14.3. The molecule has 2 nitrogen and oxygen atoms in total. The van der Waals surface area contributed by atoms with Crippen LogP contribution in [0, 0.1) is 0 Å². The summed E-state index contributed by atoms with van der Waals surface area (Å²) in [6.45, 7) is 7.60. The largest absolute Gasteiger partial charge is 0.317 e. The third-order valence-corrected chi connectivity index (χ3v) is 4.47. The van der Waals surface area contributed by atoms with Gasteiger partial charge in [-0.25, -0.2) is 0 Å². The summed E-state index contributed by atoms with van der Waals surface area (Å²) in [5, 5.41) is 3.37. The van der Waals surface area contributed by atoms with Crippen molar-refractivity contribution in [2.75, 3.05) is 32.1 Å². The number of nitrogens with one attached hydrogen (secondary N) is 1. The molecular formula is C17H30N2S. The molecule has 1 N–H and O–H groups in total. The van der Waals surface area contributed by atoms with Gasteiger partial charge in [-0.1, -0.05) is 38.1 Å². The summed E-state index contributed by atoms with van der Waals surface area (Å²) >= 11 is 1.94. The number of rotatable bonds is 10. The van der Waals surface area contributed by atoms with Gasteiger partial charge >= 0.3 is 0 Å². The molecule has 0 aromatic heterocycles. The van der Waals surface area contributed by atoms with Crippen LogP contribution in [0.4, 0.5) is 0 Å². The average molecular weight is 295 g/mol. The third-order valence-electron chi connectivity index (χ3n) is 3.75. The summed E-state index contributed by atoms with van der Waals surface area (Å²) in [6.07, 6.45) is 4.53. The second kappa shape index (κ2) is 10.3. The number of likely N-dealkylation sites (N-methyl/N-ethyl adjacent to an activating group) is 1. The first-order chi connectivity index (χ1) is 9.71. The monoisotopic (exact) mass is 294 g/mol. The highest BCUT2D eigenvalue weighted by molar-refractivity contribution is 7.98. The first-order valence-electron chi connectivity index (χ1n) is 7.68. The summed E-state index contributed by atoms with van der Waals surface area (Å²) < 4.78 is 0. The normalized spacial score (nSPS) is 12.8. The van der Waals surface area contributed by atoms with Gasteiger partial charge in [0.2, 0.25) is 0 Å². The van der Waals surface area contributed by atoms with Crippen LogP contribution in [-0.4, -0.2) is 43.1 Å². The molecule has 0 saturated carbocycles. The number of benzene rings is 1. The number of hydrogen-bond acceptors (Lipinski definition) is 3. The molecule has 1 unspecified atom stereocenters. The molecule has 0 amide bonds. The van der Waals surface area contributed by atoms with Gasteiger partial charge in [0.25, 0.3) is 0 Å². The Morgan fingerprint density at radius 3 is 2.35 bits per heavy atom. The molecule has 1 atom stereocenters. The van der Waals surface area contributed by atoms with Crippen molar-refractivity contribution in [2.24, 2.45) is 0 Å². The zero-order chi connectivity index (χ0) is 14.8. The van der Waals surface area contributed by atoms with E-state index in [1.54, 1.807) is 0 Å². The smallest absolute Gasteiger partial charge is 0.0233 e. The molecule has 114 valence electrons. The van der Waals surface area contributed by atoms with Crippen molar-refractivity contribution in [1.82, 2.24) is 10.2 Å². The Labute approximate surface area is 129 Å². The van der Waals surface area contributed by atoms with Crippen molar-refractivity contribution in [3.05, 3.63) is 35.4 Å². The lowest BCUT2D eigenvalue weighted by molar-refractivity contribution is 0.248. The van der Waals surface area contributed by atoms with E-state index in [2.05, 4.69) is 61.6 Å². The summed E-state index contributed by atoms with van der Waals surface area (Å²) in [6, 6.07) is 9.79. The highest BCUT2D eigenvalue weighted by Crippen LogP contribution is 2.13. The summed E-state index contributed by atoms with van der Waals surface area (Å²) in [5.41, 5.74) is 2.84. The van der Waals surface area contributed by atoms with Gasteiger partial charge in [0.15, 0.2) is 0 Å². The minimum Gasteiger partial charge on any atom is -0.317 e. The van der Waals surface area contributed by atoms with E-state index in [-0.39, 0.29) is 0 Å². The molecule has 0 aliphatic carbocycles. The first-order valence-corrected chi connectivity index (χ1v) is 9.08. The lowest BCUT2D eigenvalue weighted by Crippen LogP contribution is -2.32. The molecule has 0 aliphatic heterocycles. The van der Waals surface area contributed by atoms with Gasteiger partial charge in [0.05, 0.1) is 0 Å². The Morgan fingerprint density at radius 1 is 1.15 bits per heavy atom. The molecule has 3 heteroatoms. The minimum atomic E-state index is 0.679. The molecule has 0 bridgehead atoms. The SMILES string of the molecule is CCNCCc1ccc(CN(C)C(CC)CSC)cc1. The van der Waals surface area contributed by atoms with E-state index in [0.717, 1.165) is 26.1 Å². The highest BCUT2D eigenvalue weighted by Gasteiger charge is 2.12. The van der Waals surface area contributed by atoms with E-state index in [1.807, 2.05) is 11.8 Å². The molecule has 20 heavy (non-hydrogen) atoms. The molecule has 1 aromatic carbocycles. The van der Waals surface area contributed by atoms with Crippen molar-refractivity contribution in [1.29, 1.82) is 0 Å². The van der Waals surface area contributed by atoms with E-state index in [1.165, 1.54) is 23.3 Å². The fraction of sp³-hybridized carbons (Fsp3) is 0.647. The van der Waals surface area contributed by atoms with Crippen LogP contribution >= 0.6 is 11.8 Å². The van der Waals surface area contributed by atoms with Crippen molar-refractivity contribution in [3.63, 3.8) is 0 Å². The molecule has 0 heterocycles. The Balaban J connectivity index is 2.47. The van der Waals surface area contributed by atoms with Crippen LogP contribution in [-0.2, 0) is 13.0 Å². The van der Waals surface area contributed by atoms with Crippen LogP contribution in [0.1, 0.15) is 31.4 Å². The summed E-state index contributed by atoms with van der Waals surface area (Å²) in [5.74, 6) is 1.22. The highest BCUT2D eigenvalue weighted by atomic mass is 32.2. The van der Waals surface area contributed by atoms with Crippen LogP contribution in [0.25, 0.3) is 0 Å². The van der Waals surface area contributed by atoms with Crippen LogP contribution in [0.3, 0.4) is 0 Å². The predicted octanol–water partition coefficient (Wildman–Crippen LogP) is 3.41. The van der Waals surface area contributed by atoms with Gasteiger partial charge in [-0.05, 0) is 50.4 Å². The maximum absolute atomic E-state index is 3.37. The molecule has 0 saturated heterocycles. The Hall–Kier alpha value is -0.510. The quantitative estimate of drug-likeness (QED) is 0.666. The second-order valence-corrected chi connectivity index (χ2v) is 6.26. The van der Waals surface area contributed by atoms with Gasteiger partial charge in [-0.15, -0.1) is 0 Å². The summed E-state index contributed by atoms with van der Waals surface area (Å²) in [4.78, 5) is 2.48. The van der Waals surface area contributed by atoms with Crippen molar-refractivity contribution < 1.29 is 0 Å². The van der Waals surface area contributed by atoms with Crippen molar-refractivity contribution >= 4 is 11.8 Å². The zero-order valence-electron chi connectivity index (χ0n) is 13.5. The van der Waals surface area contributed by atoms with Crippen LogP contribution in [0.5, 0.6) is 0 Å².